The molecule has 0 bridgehead atoms. The van der Waals surface area contributed by atoms with Crippen LogP contribution in [0, 0.1) is 0 Å². The fourth-order valence-corrected chi connectivity index (χ4v) is 3.81. The second kappa shape index (κ2) is 5.46. The van der Waals surface area contributed by atoms with E-state index in [1.165, 1.54) is 19.1 Å². The van der Waals surface area contributed by atoms with Crippen LogP contribution in [0.1, 0.15) is 20.8 Å². The quantitative estimate of drug-likeness (QED) is 0.738. The summed E-state index contributed by atoms with van der Waals surface area (Å²) in [4.78, 5) is -0.243. The Morgan fingerprint density at radius 2 is 1.89 bits per heavy atom. The number of rotatable bonds is 4. The van der Waals surface area contributed by atoms with Gasteiger partial charge in [-0.3, -0.25) is 0 Å². The van der Waals surface area contributed by atoms with Crippen LogP contribution in [-0.2, 0) is 10.0 Å². The molecule has 0 saturated heterocycles. The molecule has 8 heteroatoms. The first-order chi connectivity index (χ1) is 8.47. The number of hydrogen-bond donors (Lipinski definition) is 3. The van der Waals surface area contributed by atoms with Gasteiger partial charge < -0.3 is 10.8 Å². The fraction of sp³-hybridized carbons (Fsp3) is 0.455. The average Bonchev–Trinajstić information content (AvgIpc) is 2.12. The number of nitrogens with one attached hydrogen (secondary N) is 1. The van der Waals surface area contributed by atoms with E-state index in [1.807, 2.05) is 0 Å². The van der Waals surface area contributed by atoms with Crippen LogP contribution in [0.15, 0.2) is 17.0 Å². The first kappa shape index (κ1) is 16.5. The van der Waals surface area contributed by atoms with Gasteiger partial charge in [0.1, 0.15) is 4.90 Å². The van der Waals surface area contributed by atoms with E-state index in [-0.39, 0.29) is 20.6 Å². The Morgan fingerprint density at radius 1 is 1.37 bits per heavy atom. The van der Waals surface area contributed by atoms with E-state index in [0.717, 1.165) is 0 Å². The van der Waals surface area contributed by atoms with Crippen molar-refractivity contribution in [3.8, 4) is 0 Å². The molecule has 1 aromatic rings. The molecule has 1 rings (SSSR count). The Hall–Kier alpha value is -0.530. The molecule has 0 fully saturated rings. The monoisotopic (exact) mass is 326 g/mol. The SMILES string of the molecule is CC(O)C(C)(C)NS(=O)(=O)c1c(N)cc(Cl)cc1Cl. The molecule has 0 aliphatic rings. The van der Waals surface area contributed by atoms with Crippen molar-refractivity contribution >= 4 is 38.9 Å². The molecule has 0 aliphatic heterocycles. The van der Waals surface area contributed by atoms with Gasteiger partial charge in [0.05, 0.1) is 22.4 Å². The summed E-state index contributed by atoms with van der Waals surface area (Å²) in [5.41, 5.74) is 4.54. The van der Waals surface area contributed by atoms with Crippen LogP contribution < -0.4 is 10.5 Å². The van der Waals surface area contributed by atoms with Crippen molar-refractivity contribution in [3.05, 3.63) is 22.2 Å². The molecule has 0 spiro atoms. The molecule has 5 nitrogen and oxygen atoms in total. The van der Waals surface area contributed by atoms with Crippen LogP contribution in [0.4, 0.5) is 5.69 Å². The third-order valence-corrected chi connectivity index (χ3v) is 5.16. The number of aliphatic hydroxyl groups excluding tert-OH is 1. The van der Waals surface area contributed by atoms with Crippen molar-refractivity contribution in [2.45, 2.75) is 37.3 Å². The van der Waals surface area contributed by atoms with Crippen molar-refractivity contribution in [2.75, 3.05) is 5.73 Å². The minimum Gasteiger partial charge on any atom is -0.398 e. The number of anilines is 1. The lowest BCUT2D eigenvalue weighted by Gasteiger charge is -2.29. The lowest BCUT2D eigenvalue weighted by Crippen LogP contribution is -2.50. The van der Waals surface area contributed by atoms with Crippen molar-refractivity contribution < 1.29 is 13.5 Å². The zero-order valence-corrected chi connectivity index (χ0v) is 13.1. The highest BCUT2D eigenvalue weighted by Gasteiger charge is 2.32. The first-order valence-electron chi connectivity index (χ1n) is 5.44. The van der Waals surface area contributed by atoms with Crippen LogP contribution in [-0.4, -0.2) is 25.2 Å². The molecule has 0 saturated carbocycles. The van der Waals surface area contributed by atoms with E-state index in [4.69, 9.17) is 28.9 Å². The molecule has 0 aromatic heterocycles. The van der Waals surface area contributed by atoms with E-state index in [1.54, 1.807) is 13.8 Å². The third-order valence-electron chi connectivity index (χ3n) is 2.75. The largest absolute Gasteiger partial charge is 0.398 e. The zero-order valence-electron chi connectivity index (χ0n) is 10.7. The summed E-state index contributed by atoms with van der Waals surface area (Å²) in [7, 11) is -3.97. The highest BCUT2D eigenvalue weighted by molar-refractivity contribution is 7.89. The molecule has 1 atom stereocenters. The van der Waals surface area contributed by atoms with Crippen molar-refractivity contribution in [1.29, 1.82) is 0 Å². The fourth-order valence-electron chi connectivity index (χ4n) is 1.35. The summed E-state index contributed by atoms with van der Waals surface area (Å²) in [6, 6.07) is 2.60. The van der Waals surface area contributed by atoms with Crippen LogP contribution in [0.2, 0.25) is 10.0 Å². The number of sulfonamides is 1. The van der Waals surface area contributed by atoms with E-state index >= 15 is 0 Å². The van der Waals surface area contributed by atoms with Crippen LogP contribution in [0.5, 0.6) is 0 Å². The highest BCUT2D eigenvalue weighted by Crippen LogP contribution is 2.31. The number of benzene rings is 1. The van der Waals surface area contributed by atoms with Gasteiger partial charge in [0.25, 0.3) is 0 Å². The summed E-state index contributed by atoms with van der Waals surface area (Å²) in [6.45, 7) is 4.58. The Kier molecular flexibility index (Phi) is 4.75. The van der Waals surface area contributed by atoms with Gasteiger partial charge in [-0.1, -0.05) is 23.2 Å². The van der Waals surface area contributed by atoms with Gasteiger partial charge in [-0.15, -0.1) is 0 Å². The zero-order chi connectivity index (χ0) is 15.0. The summed E-state index contributed by atoms with van der Waals surface area (Å²) in [5, 5.41) is 9.74. The molecule has 4 N–H and O–H groups in total. The van der Waals surface area contributed by atoms with Gasteiger partial charge in [-0.2, -0.15) is 0 Å². The molecular formula is C11H16Cl2N2O3S. The van der Waals surface area contributed by atoms with E-state index < -0.39 is 21.7 Å². The lowest BCUT2D eigenvalue weighted by atomic mass is 10.0. The Morgan fingerprint density at radius 3 is 2.32 bits per heavy atom. The third kappa shape index (κ3) is 3.73. The van der Waals surface area contributed by atoms with E-state index in [0.29, 0.717) is 0 Å². The maximum absolute atomic E-state index is 12.3. The molecule has 0 heterocycles. The number of nitrogen functional groups attached to an aromatic ring is 1. The Labute approximate surface area is 122 Å². The average molecular weight is 327 g/mol. The van der Waals surface area contributed by atoms with Gasteiger partial charge in [0.2, 0.25) is 10.0 Å². The van der Waals surface area contributed by atoms with Gasteiger partial charge in [0, 0.05) is 5.02 Å². The molecule has 1 aromatic carbocycles. The Bertz CT molecular complexity index is 563. The van der Waals surface area contributed by atoms with Gasteiger partial charge in [-0.25, -0.2) is 13.1 Å². The van der Waals surface area contributed by atoms with Crippen molar-refractivity contribution in [2.24, 2.45) is 0 Å². The van der Waals surface area contributed by atoms with Crippen molar-refractivity contribution in [1.82, 2.24) is 4.72 Å². The highest BCUT2D eigenvalue weighted by atomic mass is 35.5. The van der Waals surface area contributed by atoms with Crippen LogP contribution in [0.25, 0.3) is 0 Å². The maximum atomic E-state index is 12.3. The van der Waals surface area contributed by atoms with Gasteiger partial charge in [-0.05, 0) is 32.9 Å². The number of hydrogen-bond acceptors (Lipinski definition) is 4. The molecule has 0 amide bonds. The second-order valence-electron chi connectivity index (χ2n) is 4.81. The summed E-state index contributed by atoms with van der Waals surface area (Å²) < 4.78 is 26.9. The molecule has 0 aliphatic carbocycles. The number of nitrogens with two attached hydrogens (primary N) is 1. The maximum Gasteiger partial charge on any atom is 0.244 e. The molecule has 108 valence electrons. The normalized spacial score (nSPS) is 14.4. The standard InChI is InChI=1S/C11H16Cl2N2O3S/c1-6(16)11(2,3)15-19(17,18)10-8(13)4-7(12)5-9(10)14/h4-6,15-16H,14H2,1-3H3. The van der Waals surface area contributed by atoms with Gasteiger partial charge in [0.15, 0.2) is 0 Å². The smallest absolute Gasteiger partial charge is 0.244 e. The van der Waals surface area contributed by atoms with Crippen LogP contribution in [0.3, 0.4) is 0 Å². The molecule has 0 radical (unpaired) electrons. The second-order valence-corrected chi connectivity index (χ2v) is 7.27. The van der Waals surface area contributed by atoms with E-state index in [2.05, 4.69) is 4.72 Å². The minimum absolute atomic E-state index is 0.0496. The minimum atomic E-state index is -3.97. The summed E-state index contributed by atoms with van der Waals surface area (Å²) in [6.07, 6.45) is -0.894. The van der Waals surface area contributed by atoms with Gasteiger partial charge >= 0.3 is 0 Å². The predicted octanol–water partition coefficient (Wildman–Crippen LogP) is 2.01. The number of halogens is 2. The summed E-state index contributed by atoms with van der Waals surface area (Å²) >= 11 is 11.6. The molecule has 1 unspecified atom stereocenters. The lowest BCUT2D eigenvalue weighted by molar-refractivity contribution is 0.111. The van der Waals surface area contributed by atoms with E-state index in [9.17, 15) is 13.5 Å². The summed E-state index contributed by atoms with van der Waals surface area (Å²) in [5.74, 6) is 0. The number of aliphatic hydroxyl groups is 1. The van der Waals surface area contributed by atoms with Crippen LogP contribution >= 0.6 is 23.2 Å². The van der Waals surface area contributed by atoms with Crippen molar-refractivity contribution in [3.63, 3.8) is 0 Å². The predicted molar refractivity (Wildman–Crippen MR) is 77.0 cm³/mol. The topological polar surface area (TPSA) is 92.4 Å². The first-order valence-corrected chi connectivity index (χ1v) is 7.68. The molecular weight excluding hydrogens is 311 g/mol. The molecule has 19 heavy (non-hydrogen) atoms. The Balaban J connectivity index is 3.30.